The lowest BCUT2D eigenvalue weighted by Crippen LogP contribution is -2.48. The van der Waals surface area contributed by atoms with E-state index in [2.05, 4.69) is 5.10 Å². The summed E-state index contributed by atoms with van der Waals surface area (Å²) in [6.45, 7) is 3.16. The van der Waals surface area contributed by atoms with Crippen LogP contribution < -0.4 is 0 Å². The van der Waals surface area contributed by atoms with E-state index in [0.29, 0.717) is 17.8 Å². The molecule has 3 rings (SSSR count). The summed E-state index contributed by atoms with van der Waals surface area (Å²) < 4.78 is 51.8. The molecule has 0 N–H and O–H groups in total. The average Bonchev–Trinajstić information content (AvgIpc) is 3.29. The van der Waals surface area contributed by atoms with E-state index in [1.165, 1.54) is 18.8 Å². The molecule has 1 aliphatic heterocycles. The molecule has 1 amide bonds. The normalized spacial score (nSPS) is 22.4. The highest BCUT2D eigenvalue weighted by Gasteiger charge is 2.39. The number of hydrogen-bond acceptors (Lipinski definition) is 6. The van der Waals surface area contributed by atoms with Gasteiger partial charge in [-0.2, -0.15) is 5.10 Å². The zero-order valence-electron chi connectivity index (χ0n) is 17.5. The summed E-state index contributed by atoms with van der Waals surface area (Å²) in [6, 6.07) is -0.264. The van der Waals surface area contributed by atoms with Crippen molar-refractivity contribution in [1.82, 2.24) is 19.0 Å². The Balaban J connectivity index is 1.89. The zero-order chi connectivity index (χ0) is 21.6. The van der Waals surface area contributed by atoms with Crippen LogP contribution in [0.4, 0.5) is 0 Å². The van der Waals surface area contributed by atoms with Crippen molar-refractivity contribution in [3.8, 4) is 0 Å². The number of aromatic nitrogens is 2. The van der Waals surface area contributed by atoms with Crippen molar-refractivity contribution < 1.29 is 21.6 Å². The van der Waals surface area contributed by atoms with Crippen molar-refractivity contribution >= 4 is 25.8 Å². The molecule has 29 heavy (non-hydrogen) atoms. The molecule has 1 atom stereocenters. The number of aryl methyl sites for hydroxylation is 1. The molecule has 0 radical (unpaired) electrons. The van der Waals surface area contributed by atoms with Gasteiger partial charge >= 0.3 is 0 Å². The molecule has 1 saturated carbocycles. The van der Waals surface area contributed by atoms with Crippen LogP contribution in [-0.2, 0) is 31.2 Å². The topological polar surface area (TPSA) is 110 Å². The van der Waals surface area contributed by atoms with E-state index in [1.54, 1.807) is 18.7 Å². The van der Waals surface area contributed by atoms with E-state index >= 15 is 0 Å². The Kier molecular flexibility index (Phi) is 6.13. The minimum atomic E-state index is -3.67. The molecule has 2 fully saturated rings. The lowest BCUT2D eigenvalue weighted by Gasteiger charge is -2.34. The molecule has 0 spiro atoms. The number of hydrogen-bond donors (Lipinski definition) is 0. The second-order valence-electron chi connectivity index (χ2n) is 8.24. The molecule has 0 bridgehead atoms. The van der Waals surface area contributed by atoms with Crippen LogP contribution in [0.2, 0.25) is 0 Å². The van der Waals surface area contributed by atoms with Gasteiger partial charge < -0.3 is 4.90 Å². The second-order valence-corrected chi connectivity index (χ2v) is 12.6. The molecule has 1 aromatic rings. The highest BCUT2D eigenvalue weighted by Crippen LogP contribution is 2.30. The summed E-state index contributed by atoms with van der Waals surface area (Å²) in [7, 11) is -3.88. The maximum absolute atomic E-state index is 13.3. The Labute approximate surface area is 173 Å². The van der Waals surface area contributed by atoms with Crippen LogP contribution in [0.1, 0.15) is 43.5 Å². The first-order valence-corrected chi connectivity index (χ1v) is 13.2. The second kappa shape index (κ2) is 7.99. The highest BCUT2D eigenvalue weighted by molar-refractivity contribution is 7.91. The van der Waals surface area contributed by atoms with Gasteiger partial charge in [0.2, 0.25) is 15.9 Å². The Hall–Kier alpha value is -1.46. The minimum absolute atomic E-state index is 0.00656. The van der Waals surface area contributed by atoms with Gasteiger partial charge in [-0.3, -0.25) is 9.48 Å². The van der Waals surface area contributed by atoms with Gasteiger partial charge in [0.05, 0.1) is 22.9 Å². The molecule has 0 aromatic carbocycles. The number of sulfonamides is 1. The standard InChI is InChI=1S/C18H30N4O5S2/c1-13-18(29(26,27)20(3)4)14(2)21(19-13)11-17(23)22(15-7-5-6-8-15)16-9-10-28(24,25)12-16/h15-16H,5-12H2,1-4H3. The van der Waals surface area contributed by atoms with Gasteiger partial charge in [0.15, 0.2) is 9.84 Å². The van der Waals surface area contributed by atoms with Crippen LogP contribution in [0.3, 0.4) is 0 Å². The Morgan fingerprint density at radius 3 is 2.28 bits per heavy atom. The summed E-state index contributed by atoms with van der Waals surface area (Å²) in [6.07, 6.45) is 4.26. The lowest BCUT2D eigenvalue weighted by molar-refractivity contribution is -0.136. The first-order chi connectivity index (χ1) is 13.4. The van der Waals surface area contributed by atoms with Crippen LogP contribution in [0, 0.1) is 13.8 Å². The van der Waals surface area contributed by atoms with Crippen LogP contribution in [0.15, 0.2) is 4.90 Å². The fraction of sp³-hybridized carbons (Fsp3) is 0.778. The molecule has 9 nitrogen and oxygen atoms in total. The molecular formula is C18H30N4O5S2. The van der Waals surface area contributed by atoms with E-state index in [-0.39, 0.29) is 40.9 Å². The Morgan fingerprint density at radius 2 is 1.76 bits per heavy atom. The van der Waals surface area contributed by atoms with Crippen LogP contribution in [-0.4, -0.2) is 79.4 Å². The number of carbonyl (C=O) groups excluding carboxylic acids is 1. The third-order valence-electron chi connectivity index (χ3n) is 5.95. The van der Waals surface area contributed by atoms with E-state index in [0.717, 1.165) is 30.0 Å². The van der Waals surface area contributed by atoms with Gasteiger partial charge in [-0.05, 0) is 33.1 Å². The molecule has 1 aliphatic carbocycles. The van der Waals surface area contributed by atoms with E-state index in [9.17, 15) is 21.6 Å². The first-order valence-electron chi connectivity index (χ1n) is 9.92. The van der Waals surface area contributed by atoms with E-state index in [4.69, 9.17) is 0 Å². The van der Waals surface area contributed by atoms with Gasteiger partial charge in [-0.25, -0.2) is 21.1 Å². The first kappa shape index (κ1) is 22.2. The summed E-state index contributed by atoms with van der Waals surface area (Å²) >= 11 is 0. The molecular weight excluding hydrogens is 416 g/mol. The third kappa shape index (κ3) is 4.36. The SMILES string of the molecule is Cc1nn(CC(=O)N(C2CCCC2)C2CCS(=O)(=O)C2)c(C)c1S(=O)(=O)N(C)C. The van der Waals surface area contributed by atoms with E-state index < -0.39 is 19.9 Å². The fourth-order valence-electron chi connectivity index (χ4n) is 4.48. The summed E-state index contributed by atoms with van der Waals surface area (Å²) in [5.74, 6) is -0.0789. The van der Waals surface area contributed by atoms with Gasteiger partial charge in [-0.15, -0.1) is 0 Å². The highest BCUT2D eigenvalue weighted by atomic mass is 32.2. The van der Waals surface area contributed by atoms with Crippen molar-refractivity contribution in [3.05, 3.63) is 11.4 Å². The maximum Gasteiger partial charge on any atom is 0.246 e. The molecule has 11 heteroatoms. The average molecular weight is 447 g/mol. The molecule has 1 unspecified atom stereocenters. The number of amides is 1. The number of nitrogens with zero attached hydrogens (tertiary/aromatic N) is 4. The largest absolute Gasteiger partial charge is 0.334 e. The van der Waals surface area contributed by atoms with Crippen molar-refractivity contribution in [2.24, 2.45) is 0 Å². The van der Waals surface area contributed by atoms with Crippen LogP contribution in [0.25, 0.3) is 0 Å². The summed E-state index contributed by atoms with van der Waals surface area (Å²) in [4.78, 5) is 15.1. The van der Waals surface area contributed by atoms with Crippen LogP contribution >= 0.6 is 0 Å². The molecule has 164 valence electrons. The summed E-state index contributed by atoms with van der Waals surface area (Å²) in [5.41, 5.74) is 0.759. The predicted octanol–water partition coefficient (Wildman–Crippen LogP) is 0.709. The van der Waals surface area contributed by atoms with Crippen molar-refractivity contribution in [1.29, 1.82) is 0 Å². The molecule has 1 saturated heterocycles. The monoisotopic (exact) mass is 446 g/mol. The van der Waals surface area contributed by atoms with Crippen molar-refractivity contribution in [3.63, 3.8) is 0 Å². The van der Waals surface area contributed by atoms with Crippen molar-refractivity contribution in [2.45, 2.75) is 69.5 Å². The van der Waals surface area contributed by atoms with Gasteiger partial charge in [0, 0.05) is 26.2 Å². The number of carbonyl (C=O) groups is 1. The summed E-state index contributed by atoms with van der Waals surface area (Å²) in [5, 5.41) is 4.31. The van der Waals surface area contributed by atoms with Gasteiger partial charge in [0.1, 0.15) is 11.4 Å². The third-order valence-corrected chi connectivity index (χ3v) is 9.77. The maximum atomic E-state index is 13.3. The molecule has 1 aromatic heterocycles. The molecule has 2 aliphatic rings. The number of rotatable bonds is 6. The number of sulfone groups is 1. The Morgan fingerprint density at radius 1 is 1.14 bits per heavy atom. The molecule has 2 heterocycles. The lowest BCUT2D eigenvalue weighted by atomic mass is 10.1. The van der Waals surface area contributed by atoms with E-state index in [1.807, 2.05) is 0 Å². The predicted molar refractivity (Wildman–Crippen MR) is 109 cm³/mol. The zero-order valence-corrected chi connectivity index (χ0v) is 19.1. The quantitative estimate of drug-likeness (QED) is 0.636. The van der Waals surface area contributed by atoms with Gasteiger partial charge in [0.25, 0.3) is 0 Å². The van der Waals surface area contributed by atoms with Crippen molar-refractivity contribution in [2.75, 3.05) is 25.6 Å². The minimum Gasteiger partial charge on any atom is -0.334 e. The Bertz CT molecular complexity index is 992. The fourth-order valence-corrected chi connectivity index (χ4v) is 7.45. The van der Waals surface area contributed by atoms with Crippen LogP contribution in [0.5, 0.6) is 0 Å². The smallest absolute Gasteiger partial charge is 0.246 e. The van der Waals surface area contributed by atoms with Gasteiger partial charge in [-0.1, -0.05) is 12.8 Å².